The summed E-state index contributed by atoms with van der Waals surface area (Å²) in [5.41, 5.74) is 0. The summed E-state index contributed by atoms with van der Waals surface area (Å²) in [7, 11) is 0. The first kappa shape index (κ1) is 12.8. The SMILES string of the molecule is O=C(O)[C@H]1CCCN1C(=O)NCC1CC2CCC1C2. The predicted molar refractivity (Wildman–Crippen MR) is 69.7 cm³/mol. The Morgan fingerprint density at radius 1 is 1.21 bits per heavy atom. The van der Waals surface area contributed by atoms with Gasteiger partial charge < -0.3 is 15.3 Å². The maximum absolute atomic E-state index is 12.1. The second kappa shape index (κ2) is 5.02. The molecule has 1 saturated heterocycles. The van der Waals surface area contributed by atoms with E-state index in [0.29, 0.717) is 18.9 Å². The molecule has 1 heterocycles. The summed E-state index contributed by atoms with van der Waals surface area (Å²) in [4.78, 5) is 24.6. The van der Waals surface area contributed by atoms with Gasteiger partial charge in [0.25, 0.3) is 0 Å². The Labute approximate surface area is 113 Å². The number of carboxylic acids is 1. The van der Waals surface area contributed by atoms with Crippen molar-refractivity contribution in [2.45, 2.75) is 44.6 Å². The Hall–Kier alpha value is -1.26. The molecule has 5 heteroatoms. The lowest BCUT2D eigenvalue weighted by Gasteiger charge is -2.25. The normalized spacial score (nSPS) is 36.7. The number of amides is 2. The average molecular weight is 266 g/mol. The Bertz CT molecular complexity index is 385. The second-order valence-electron chi connectivity index (χ2n) is 6.31. The van der Waals surface area contributed by atoms with E-state index < -0.39 is 12.0 Å². The summed E-state index contributed by atoms with van der Waals surface area (Å²) in [5, 5.41) is 12.0. The highest BCUT2D eigenvalue weighted by atomic mass is 16.4. The van der Waals surface area contributed by atoms with Crippen LogP contribution in [0.3, 0.4) is 0 Å². The van der Waals surface area contributed by atoms with Gasteiger partial charge in [0.2, 0.25) is 0 Å². The highest BCUT2D eigenvalue weighted by Gasteiger charge is 2.40. The third-order valence-corrected chi connectivity index (χ3v) is 5.20. The number of fused-ring (bicyclic) bond motifs is 2. The molecule has 5 nitrogen and oxygen atoms in total. The van der Waals surface area contributed by atoms with Crippen LogP contribution in [0.1, 0.15) is 38.5 Å². The molecular weight excluding hydrogens is 244 g/mol. The van der Waals surface area contributed by atoms with E-state index in [4.69, 9.17) is 5.11 Å². The predicted octanol–water partition coefficient (Wildman–Crippen LogP) is 1.68. The maximum Gasteiger partial charge on any atom is 0.326 e. The largest absolute Gasteiger partial charge is 0.480 e. The number of nitrogens with zero attached hydrogens (tertiary/aromatic N) is 1. The molecule has 0 spiro atoms. The lowest BCUT2D eigenvalue weighted by molar-refractivity contribution is -0.141. The minimum atomic E-state index is -0.882. The smallest absolute Gasteiger partial charge is 0.326 e. The second-order valence-corrected chi connectivity index (χ2v) is 6.31. The fraction of sp³-hybridized carbons (Fsp3) is 0.857. The van der Waals surface area contributed by atoms with Crippen molar-refractivity contribution in [2.24, 2.45) is 17.8 Å². The van der Waals surface area contributed by atoms with Gasteiger partial charge in [-0.05, 0) is 49.9 Å². The minimum absolute atomic E-state index is 0.187. The van der Waals surface area contributed by atoms with Gasteiger partial charge >= 0.3 is 12.0 Å². The van der Waals surface area contributed by atoms with E-state index in [1.165, 1.54) is 30.6 Å². The Morgan fingerprint density at radius 2 is 2.05 bits per heavy atom. The van der Waals surface area contributed by atoms with Gasteiger partial charge in [0.05, 0.1) is 0 Å². The molecule has 0 radical (unpaired) electrons. The van der Waals surface area contributed by atoms with Crippen LogP contribution < -0.4 is 5.32 Å². The van der Waals surface area contributed by atoms with Gasteiger partial charge in [-0.2, -0.15) is 0 Å². The first-order chi connectivity index (χ1) is 9.15. The quantitative estimate of drug-likeness (QED) is 0.816. The van der Waals surface area contributed by atoms with Crippen LogP contribution in [-0.4, -0.2) is 41.1 Å². The van der Waals surface area contributed by atoms with Crippen molar-refractivity contribution < 1.29 is 14.7 Å². The third-order valence-electron chi connectivity index (χ3n) is 5.20. The van der Waals surface area contributed by atoms with Crippen molar-refractivity contribution >= 4 is 12.0 Å². The molecule has 2 bridgehead atoms. The van der Waals surface area contributed by atoms with E-state index in [1.807, 2.05) is 0 Å². The number of likely N-dealkylation sites (tertiary alicyclic amines) is 1. The van der Waals surface area contributed by atoms with E-state index >= 15 is 0 Å². The first-order valence-electron chi connectivity index (χ1n) is 7.42. The molecular formula is C14H22N2O3. The Kier molecular flexibility index (Phi) is 3.37. The highest BCUT2D eigenvalue weighted by molar-refractivity contribution is 5.83. The maximum atomic E-state index is 12.1. The average Bonchev–Trinajstić information content (AvgIpc) is 3.10. The number of hydrogen-bond donors (Lipinski definition) is 2. The van der Waals surface area contributed by atoms with Crippen LogP contribution in [0.25, 0.3) is 0 Å². The van der Waals surface area contributed by atoms with Crippen LogP contribution in [0.15, 0.2) is 0 Å². The summed E-state index contributed by atoms with van der Waals surface area (Å²) in [5.74, 6) is 1.41. The van der Waals surface area contributed by atoms with Crippen LogP contribution >= 0.6 is 0 Å². The summed E-state index contributed by atoms with van der Waals surface area (Å²) in [6.07, 6.45) is 6.62. The number of carbonyl (C=O) groups is 2. The molecule has 2 aliphatic carbocycles. The minimum Gasteiger partial charge on any atom is -0.480 e. The number of urea groups is 1. The monoisotopic (exact) mass is 266 g/mol. The zero-order valence-electron chi connectivity index (χ0n) is 11.2. The molecule has 2 saturated carbocycles. The number of nitrogens with one attached hydrogen (secondary N) is 1. The van der Waals surface area contributed by atoms with E-state index in [9.17, 15) is 9.59 Å². The molecule has 3 fully saturated rings. The number of carbonyl (C=O) groups excluding carboxylic acids is 1. The molecule has 0 aromatic heterocycles. The van der Waals surface area contributed by atoms with E-state index in [1.54, 1.807) is 0 Å². The van der Waals surface area contributed by atoms with Crippen LogP contribution in [-0.2, 0) is 4.79 Å². The lowest BCUT2D eigenvalue weighted by atomic mass is 9.89. The highest BCUT2D eigenvalue weighted by Crippen LogP contribution is 2.47. The Balaban J connectivity index is 1.50. The molecule has 106 valence electrons. The van der Waals surface area contributed by atoms with Gasteiger partial charge in [-0.25, -0.2) is 9.59 Å². The molecule has 0 aromatic rings. The summed E-state index contributed by atoms with van der Waals surface area (Å²) >= 11 is 0. The molecule has 2 amide bonds. The van der Waals surface area contributed by atoms with E-state index in [2.05, 4.69) is 5.32 Å². The zero-order chi connectivity index (χ0) is 13.4. The summed E-state index contributed by atoms with van der Waals surface area (Å²) < 4.78 is 0. The Morgan fingerprint density at radius 3 is 2.68 bits per heavy atom. The van der Waals surface area contributed by atoms with Crippen LogP contribution in [0.2, 0.25) is 0 Å². The fourth-order valence-corrected chi connectivity index (χ4v) is 4.21. The standard InChI is InChI=1S/C14H22N2O3/c17-13(18)12-2-1-5-16(12)14(19)15-8-11-7-9-3-4-10(11)6-9/h9-12H,1-8H2,(H,15,19)(H,17,18)/t9?,10?,11?,12-/m1/s1. The molecule has 3 unspecified atom stereocenters. The zero-order valence-corrected chi connectivity index (χ0v) is 11.2. The van der Waals surface area contributed by atoms with Gasteiger partial charge in [-0.1, -0.05) is 6.42 Å². The molecule has 19 heavy (non-hydrogen) atoms. The molecule has 3 rings (SSSR count). The number of hydrogen-bond acceptors (Lipinski definition) is 2. The number of carboxylic acid groups (broad SMARTS) is 1. The van der Waals surface area contributed by atoms with Crippen LogP contribution in [0, 0.1) is 17.8 Å². The topological polar surface area (TPSA) is 69.6 Å². The van der Waals surface area contributed by atoms with Gasteiger partial charge in [0, 0.05) is 13.1 Å². The molecule has 2 N–H and O–H groups in total. The van der Waals surface area contributed by atoms with Crippen molar-refractivity contribution in [3.8, 4) is 0 Å². The van der Waals surface area contributed by atoms with Crippen molar-refractivity contribution in [1.82, 2.24) is 10.2 Å². The van der Waals surface area contributed by atoms with Gasteiger partial charge in [-0.15, -0.1) is 0 Å². The lowest BCUT2D eigenvalue weighted by Crippen LogP contribution is -2.47. The number of rotatable bonds is 3. The molecule has 3 aliphatic rings. The molecule has 0 aromatic carbocycles. The van der Waals surface area contributed by atoms with Crippen molar-refractivity contribution in [2.75, 3.05) is 13.1 Å². The summed E-state index contributed by atoms with van der Waals surface area (Å²) in [6.45, 7) is 1.29. The third kappa shape index (κ3) is 2.42. The number of aliphatic carboxylic acids is 1. The van der Waals surface area contributed by atoms with Crippen molar-refractivity contribution in [3.05, 3.63) is 0 Å². The first-order valence-corrected chi connectivity index (χ1v) is 7.42. The van der Waals surface area contributed by atoms with Gasteiger partial charge in [-0.3, -0.25) is 0 Å². The fourth-order valence-electron chi connectivity index (χ4n) is 4.21. The van der Waals surface area contributed by atoms with E-state index in [-0.39, 0.29) is 6.03 Å². The van der Waals surface area contributed by atoms with Crippen molar-refractivity contribution in [1.29, 1.82) is 0 Å². The van der Waals surface area contributed by atoms with Gasteiger partial charge in [0.1, 0.15) is 6.04 Å². The van der Waals surface area contributed by atoms with Crippen LogP contribution in [0.4, 0.5) is 4.79 Å². The van der Waals surface area contributed by atoms with Crippen LogP contribution in [0.5, 0.6) is 0 Å². The van der Waals surface area contributed by atoms with Gasteiger partial charge in [0.15, 0.2) is 0 Å². The van der Waals surface area contributed by atoms with E-state index in [0.717, 1.165) is 24.8 Å². The molecule has 4 atom stereocenters. The molecule has 1 aliphatic heterocycles. The summed E-state index contributed by atoms with van der Waals surface area (Å²) in [6, 6.07) is -0.812. The van der Waals surface area contributed by atoms with Crippen molar-refractivity contribution in [3.63, 3.8) is 0 Å².